The summed E-state index contributed by atoms with van der Waals surface area (Å²) in [5.41, 5.74) is 0.922. The third kappa shape index (κ3) is 1.14. The first-order chi connectivity index (χ1) is 5.66. The summed E-state index contributed by atoms with van der Waals surface area (Å²) in [5.74, 6) is 0.0688. The summed E-state index contributed by atoms with van der Waals surface area (Å²) in [6.45, 7) is 1.87. The van der Waals surface area contributed by atoms with E-state index in [4.69, 9.17) is 4.74 Å². The predicted octanol–water partition coefficient (Wildman–Crippen LogP) is 0.629. The minimum atomic E-state index is -0.374. The maximum atomic E-state index is 10.9. The van der Waals surface area contributed by atoms with Gasteiger partial charge in [-0.15, -0.1) is 0 Å². The lowest BCUT2D eigenvalue weighted by atomic mass is 9.85. The zero-order valence-corrected chi connectivity index (χ0v) is 6.99. The van der Waals surface area contributed by atoms with Crippen LogP contribution in [0.2, 0.25) is 0 Å². The smallest absolute Gasteiger partial charge is 0.306 e. The summed E-state index contributed by atoms with van der Waals surface area (Å²) in [6, 6.07) is 0. The number of carbonyl (C=O) groups is 1. The lowest BCUT2D eigenvalue weighted by Crippen LogP contribution is -2.26. The Kier molecular flexibility index (Phi) is 1.68. The Morgan fingerprint density at radius 3 is 3.17 bits per heavy atom. The SMILES string of the molecule is CC1=C[C@H]2OC(=O)C[C@H]2C[C@H]1O. The lowest BCUT2D eigenvalue weighted by Gasteiger charge is -2.24. The van der Waals surface area contributed by atoms with Crippen molar-refractivity contribution in [2.45, 2.75) is 32.0 Å². The molecular weight excluding hydrogens is 156 g/mol. The van der Waals surface area contributed by atoms with Crippen LogP contribution < -0.4 is 0 Å². The monoisotopic (exact) mass is 168 g/mol. The summed E-state index contributed by atoms with van der Waals surface area (Å²) < 4.78 is 5.06. The Balaban J connectivity index is 2.19. The van der Waals surface area contributed by atoms with Gasteiger partial charge in [0.15, 0.2) is 0 Å². The van der Waals surface area contributed by atoms with Crippen LogP contribution in [-0.4, -0.2) is 23.3 Å². The van der Waals surface area contributed by atoms with Gasteiger partial charge in [-0.3, -0.25) is 4.79 Å². The Hall–Kier alpha value is -0.830. The molecule has 0 radical (unpaired) electrons. The molecule has 0 spiro atoms. The fourth-order valence-electron chi connectivity index (χ4n) is 1.86. The van der Waals surface area contributed by atoms with E-state index < -0.39 is 0 Å². The van der Waals surface area contributed by atoms with Crippen molar-refractivity contribution in [2.75, 3.05) is 0 Å². The van der Waals surface area contributed by atoms with Gasteiger partial charge in [0.05, 0.1) is 12.5 Å². The minimum absolute atomic E-state index is 0.0686. The maximum Gasteiger partial charge on any atom is 0.306 e. The molecule has 0 unspecified atom stereocenters. The van der Waals surface area contributed by atoms with Crippen LogP contribution in [0.25, 0.3) is 0 Å². The topological polar surface area (TPSA) is 46.5 Å². The van der Waals surface area contributed by atoms with Crippen LogP contribution in [0.5, 0.6) is 0 Å². The second kappa shape index (κ2) is 2.59. The van der Waals surface area contributed by atoms with Gasteiger partial charge < -0.3 is 9.84 Å². The van der Waals surface area contributed by atoms with Crippen LogP contribution in [0, 0.1) is 5.92 Å². The molecule has 1 aliphatic heterocycles. The molecule has 0 saturated carbocycles. The highest BCUT2D eigenvalue weighted by molar-refractivity contribution is 5.72. The van der Waals surface area contributed by atoms with Crippen molar-refractivity contribution in [2.24, 2.45) is 5.92 Å². The van der Waals surface area contributed by atoms with E-state index in [2.05, 4.69) is 0 Å². The van der Waals surface area contributed by atoms with E-state index >= 15 is 0 Å². The van der Waals surface area contributed by atoms with Crippen molar-refractivity contribution < 1.29 is 14.6 Å². The van der Waals surface area contributed by atoms with Crippen molar-refractivity contribution in [1.29, 1.82) is 0 Å². The second-order valence-corrected chi connectivity index (χ2v) is 3.58. The van der Waals surface area contributed by atoms with Gasteiger partial charge in [-0.25, -0.2) is 0 Å². The van der Waals surface area contributed by atoms with E-state index in [1.165, 1.54) is 0 Å². The summed E-state index contributed by atoms with van der Waals surface area (Å²) >= 11 is 0. The highest BCUT2D eigenvalue weighted by Gasteiger charge is 2.37. The van der Waals surface area contributed by atoms with E-state index in [-0.39, 0.29) is 24.1 Å². The van der Waals surface area contributed by atoms with Gasteiger partial charge in [0.1, 0.15) is 6.10 Å². The van der Waals surface area contributed by atoms with E-state index in [9.17, 15) is 9.90 Å². The Morgan fingerprint density at radius 1 is 1.67 bits per heavy atom. The lowest BCUT2D eigenvalue weighted by molar-refractivity contribution is -0.140. The molecular formula is C9H12O3. The first kappa shape index (κ1) is 7.80. The van der Waals surface area contributed by atoms with Gasteiger partial charge >= 0.3 is 5.97 Å². The number of aliphatic hydroxyl groups is 1. The van der Waals surface area contributed by atoms with Gasteiger partial charge in [-0.1, -0.05) is 0 Å². The zero-order valence-electron chi connectivity index (χ0n) is 6.99. The standard InChI is InChI=1S/C9H12O3/c1-5-2-8-6(3-7(5)10)4-9(11)12-8/h2,6-8,10H,3-4H2,1H3/t6-,7-,8-/m1/s1. The van der Waals surface area contributed by atoms with E-state index in [1.54, 1.807) is 0 Å². The highest BCUT2D eigenvalue weighted by Crippen LogP contribution is 2.33. The molecule has 2 aliphatic rings. The molecule has 66 valence electrons. The number of aliphatic hydroxyl groups excluding tert-OH is 1. The molecule has 0 amide bonds. The van der Waals surface area contributed by atoms with E-state index in [0.717, 1.165) is 5.57 Å². The summed E-state index contributed by atoms with van der Waals surface area (Å²) in [4.78, 5) is 10.9. The average molecular weight is 168 g/mol. The van der Waals surface area contributed by atoms with Gasteiger partial charge in [-0.2, -0.15) is 0 Å². The molecule has 12 heavy (non-hydrogen) atoms. The summed E-state index contributed by atoms with van der Waals surface area (Å²) in [7, 11) is 0. The third-order valence-corrected chi connectivity index (χ3v) is 2.64. The summed E-state index contributed by atoms with van der Waals surface area (Å²) in [5, 5.41) is 9.48. The van der Waals surface area contributed by atoms with Crippen LogP contribution in [0.3, 0.4) is 0 Å². The second-order valence-electron chi connectivity index (χ2n) is 3.58. The van der Waals surface area contributed by atoms with Crippen LogP contribution in [0.15, 0.2) is 11.6 Å². The normalized spacial score (nSPS) is 40.3. The molecule has 1 fully saturated rings. The molecule has 1 heterocycles. The van der Waals surface area contributed by atoms with Gasteiger partial charge in [-0.05, 0) is 25.0 Å². The number of fused-ring (bicyclic) bond motifs is 1. The number of esters is 1. The molecule has 0 bridgehead atoms. The zero-order chi connectivity index (χ0) is 8.72. The number of carbonyl (C=O) groups excluding carboxylic acids is 1. The van der Waals surface area contributed by atoms with Gasteiger partial charge in [0.25, 0.3) is 0 Å². The molecule has 1 saturated heterocycles. The van der Waals surface area contributed by atoms with E-state index in [1.807, 2.05) is 13.0 Å². The Morgan fingerprint density at radius 2 is 2.42 bits per heavy atom. The largest absolute Gasteiger partial charge is 0.458 e. The highest BCUT2D eigenvalue weighted by atomic mass is 16.5. The molecule has 0 aromatic rings. The van der Waals surface area contributed by atoms with Crippen molar-refractivity contribution in [1.82, 2.24) is 0 Å². The molecule has 2 rings (SSSR count). The van der Waals surface area contributed by atoms with Crippen molar-refractivity contribution >= 4 is 5.97 Å². The van der Waals surface area contributed by atoms with Gasteiger partial charge in [0.2, 0.25) is 0 Å². The number of ether oxygens (including phenoxy) is 1. The fourth-order valence-corrected chi connectivity index (χ4v) is 1.86. The quantitative estimate of drug-likeness (QED) is 0.426. The predicted molar refractivity (Wildman–Crippen MR) is 42.4 cm³/mol. The molecule has 1 N–H and O–H groups in total. The van der Waals surface area contributed by atoms with Crippen molar-refractivity contribution in [3.05, 3.63) is 11.6 Å². The Labute approximate surface area is 71.0 Å². The summed E-state index contributed by atoms with van der Waals surface area (Å²) in [6.07, 6.45) is 2.55. The molecule has 1 aliphatic carbocycles. The first-order valence-corrected chi connectivity index (χ1v) is 4.22. The average Bonchev–Trinajstić information content (AvgIpc) is 2.30. The number of hydrogen-bond donors (Lipinski definition) is 1. The van der Waals surface area contributed by atoms with Crippen molar-refractivity contribution in [3.63, 3.8) is 0 Å². The molecule has 3 heteroatoms. The van der Waals surface area contributed by atoms with Crippen LogP contribution in [-0.2, 0) is 9.53 Å². The molecule has 0 aromatic carbocycles. The fraction of sp³-hybridized carbons (Fsp3) is 0.667. The number of rotatable bonds is 0. The Bertz CT molecular complexity index is 244. The third-order valence-electron chi connectivity index (χ3n) is 2.64. The van der Waals surface area contributed by atoms with Gasteiger partial charge in [0, 0.05) is 5.92 Å². The van der Waals surface area contributed by atoms with Crippen LogP contribution >= 0.6 is 0 Å². The molecule has 3 atom stereocenters. The van der Waals surface area contributed by atoms with Crippen LogP contribution in [0.1, 0.15) is 19.8 Å². The molecule has 3 nitrogen and oxygen atoms in total. The maximum absolute atomic E-state index is 10.9. The van der Waals surface area contributed by atoms with E-state index in [0.29, 0.717) is 12.8 Å². The van der Waals surface area contributed by atoms with Crippen molar-refractivity contribution in [3.8, 4) is 0 Å². The molecule has 0 aromatic heterocycles. The minimum Gasteiger partial charge on any atom is -0.458 e. The first-order valence-electron chi connectivity index (χ1n) is 4.22. The number of hydrogen-bond acceptors (Lipinski definition) is 3. The van der Waals surface area contributed by atoms with Crippen LogP contribution in [0.4, 0.5) is 0 Å².